The molecule has 0 saturated carbocycles. The number of halogens is 2. The Labute approximate surface area is 201 Å². The van der Waals surface area contributed by atoms with E-state index in [0.29, 0.717) is 5.54 Å². The maximum atomic E-state index is 3.59. The molecular formula is C24H25Cl2SiZr. The number of hydrogen-bond acceptors (Lipinski definition) is 0. The van der Waals surface area contributed by atoms with E-state index in [1.54, 1.807) is 11.1 Å². The van der Waals surface area contributed by atoms with Gasteiger partial charge in [0.25, 0.3) is 0 Å². The summed E-state index contributed by atoms with van der Waals surface area (Å²) in [7, 11) is -1.26. The Hall–Kier alpha value is -0.400. The first-order valence-electron chi connectivity index (χ1n) is 9.84. The van der Waals surface area contributed by atoms with Gasteiger partial charge in [0.2, 0.25) is 0 Å². The van der Waals surface area contributed by atoms with E-state index in [1.165, 1.54) is 53.2 Å². The van der Waals surface area contributed by atoms with Crippen LogP contribution in [0, 0.1) is 6.08 Å². The predicted molar refractivity (Wildman–Crippen MR) is 109 cm³/mol. The van der Waals surface area contributed by atoms with E-state index < -0.39 is 8.07 Å². The van der Waals surface area contributed by atoms with E-state index in [4.69, 9.17) is 0 Å². The van der Waals surface area contributed by atoms with Gasteiger partial charge in [-0.05, 0) is 22.2 Å². The van der Waals surface area contributed by atoms with Gasteiger partial charge in [-0.25, -0.2) is 0 Å². The van der Waals surface area contributed by atoms with Gasteiger partial charge in [-0.1, -0.05) is 86.3 Å². The summed E-state index contributed by atoms with van der Waals surface area (Å²) in [5.74, 6) is 0. The largest absolute Gasteiger partial charge is 3.00 e. The van der Waals surface area contributed by atoms with Crippen molar-refractivity contribution in [2.75, 3.05) is 0 Å². The van der Waals surface area contributed by atoms with Gasteiger partial charge < -0.3 is 24.8 Å². The van der Waals surface area contributed by atoms with Crippen molar-refractivity contribution in [3.63, 3.8) is 0 Å². The first-order chi connectivity index (χ1) is 12.3. The maximum absolute atomic E-state index is 3.59. The second-order valence-electron chi connectivity index (χ2n) is 7.95. The van der Waals surface area contributed by atoms with Gasteiger partial charge in [0.05, 0.1) is 8.07 Å². The number of rotatable bonds is 4. The quantitative estimate of drug-likeness (QED) is 0.427. The zero-order valence-electron chi connectivity index (χ0n) is 16.3. The molecule has 1 aliphatic heterocycles. The summed E-state index contributed by atoms with van der Waals surface area (Å²) in [4.78, 5) is 0. The zero-order chi connectivity index (χ0) is 16.9. The molecule has 1 saturated heterocycles. The fourth-order valence-electron chi connectivity index (χ4n) is 5.53. The Bertz CT molecular complexity index is 899. The molecule has 2 aliphatic carbocycles. The molecule has 0 N–H and O–H groups in total. The minimum Gasteiger partial charge on any atom is -1.00 e. The third-order valence-corrected chi connectivity index (χ3v) is 12.7. The minimum absolute atomic E-state index is 0. The van der Waals surface area contributed by atoms with Crippen LogP contribution in [0.4, 0.5) is 0 Å². The van der Waals surface area contributed by atoms with E-state index in [0.717, 1.165) is 6.42 Å². The van der Waals surface area contributed by atoms with Crippen molar-refractivity contribution in [2.45, 2.75) is 49.9 Å². The van der Waals surface area contributed by atoms with Crippen molar-refractivity contribution in [2.24, 2.45) is 0 Å². The van der Waals surface area contributed by atoms with Gasteiger partial charge in [-0.3, -0.25) is 0 Å². The van der Waals surface area contributed by atoms with Crippen LogP contribution in [0.3, 0.4) is 0 Å². The van der Waals surface area contributed by atoms with Gasteiger partial charge in [-0.2, -0.15) is 17.7 Å². The molecule has 5 rings (SSSR count). The molecule has 1 atom stereocenters. The second-order valence-corrected chi connectivity index (χ2v) is 12.8. The summed E-state index contributed by atoms with van der Waals surface area (Å²) in [5, 5.41) is 0. The average Bonchev–Trinajstić information content (AvgIpc) is 3.25. The average molecular weight is 504 g/mol. The molecule has 0 amide bonds. The first kappa shape index (κ1) is 23.9. The van der Waals surface area contributed by atoms with E-state index in [1.807, 2.05) is 0 Å². The molecule has 2 aromatic carbocycles. The van der Waals surface area contributed by atoms with Gasteiger partial charge in [0.15, 0.2) is 0 Å². The Balaban J connectivity index is 0.000000934. The third-order valence-electron chi connectivity index (χ3n) is 6.65. The molecular weight excluding hydrogens is 478 g/mol. The summed E-state index contributed by atoms with van der Waals surface area (Å²) < 4.78 is 0. The molecule has 0 nitrogen and oxygen atoms in total. The molecule has 4 heteroatoms. The van der Waals surface area contributed by atoms with Crippen LogP contribution in [0.5, 0.6) is 0 Å². The summed E-state index contributed by atoms with van der Waals surface area (Å²) >= 11 is 0. The third kappa shape index (κ3) is 3.60. The Kier molecular flexibility index (Phi) is 8.19. The van der Waals surface area contributed by atoms with Crippen LogP contribution < -0.4 is 24.8 Å². The van der Waals surface area contributed by atoms with Gasteiger partial charge in [0, 0.05) is 0 Å². The van der Waals surface area contributed by atoms with E-state index in [2.05, 4.69) is 67.6 Å². The molecule has 0 aromatic heterocycles. The van der Waals surface area contributed by atoms with Crippen molar-refractivity contribution in [1.82, 2.24) is 0 Å². The fraction of sp³-hybridized carbons (Fsp3) is 0.333. The summed E-state index contributed by atoms with van der Waals surface area (Å²) in [5.41, 5.74) is 9.78. The fourth-order valence-corrected chi connectivity index (χ4v) is 11.0. The Morgan fingerprint density at radius 1 is 0.964 bits per heavy atom. The maximum Gasteiger partial charge on any atom is 3.00 e. The van der Waals surface area contributed by atoms with Crippen LogP contribution >= 0.6 is 0 Å². The molecule has 1 fully saturated rings. The molecule has 1 heterocycles. The first-order valence-corrected chi connectivity index (χ1v) is 12.5. The molecule has 143 valence electrons. The Morgan fingerprint density at radius 3 is 2.32 bits per heavy atom. The zero-order valence-corrected chi connectivity index (χ0v) is 21.2. The van der Waals surface area contributed by atoms with E-state index >= 15 is 0 Å². The van der Waals surface area contributed by atoms with Crippen molar-refractivity contribution in [1.29, 1.82) is 0 Å². The van der Waals surface area contributed by atoms with Crippen molar-refractivity contribution in [3.05, 3.63) is 77.4 Å². The second kappa shape index (κ2) is 9.61. The topological polar surface area (TPSA) is 0 Å². The molecule has 0 bridgehead atoms. The van der Waals surface area contributed by atoms with Crippen molar-refractivity contribution in [3.8, 4) is 11.1 Å². The minimum atomic E-state index is -1.26. The van der Waals surface area contributed by atoms with E-state index in [9.17, 15) is 0 Å². The number of fused-ring (bicyclic) bond motifs is 3. The molecule has 1 radical (unpaired) electrons. The summed E-state index contributed by atoms with van der Waals surface area (Å²) in [6.07, 6.45) is 11.9. The van der Waals surface area contributed by atoms with Crippen LogP contribution in [-0.2, 0) is 26.2 Å². The van der Waals surface area contributed by atoms with Crippen LogP contribution in [0.1, 0.15) is 48.4 Å². The molecule has 3 aliphatic rings. The number of hydrogen-bond donors (Lipinski definition) is 0. The van der Waals surface area contributed by atoms with Gasteiger partial charge in [-0.15, -0.1) is 17.7 Å². The van der Waals surface area contributed by atoms with Crippen LogP contribution in [0.25, 0.3) is 16.7 Å². The molecule has 28 heavy (non-hydrogen) atoms. The van der Waals surface area contributed by atoms with Gasteiger partial charge in [0.1, 0.15) is 0 Å². The monoisotopic (exact) mass is 501 g/mol. The predicted octanol–water partition coefficient (Wildman–Crippen LogP) is 0.753. The smallest absolute Gasteiger partial charge is 1.00 e. The van der Waals surface area contributed by atoms with Gasteiger partial charge >= 0.3 is 26.2 Å². The van der Waals surface area contributed by atoms with Crippen LogP contribution in [0.2, 0.25) is 18.1 Å². The van der Waals surface area contributed by atoms with Crippen molar-refractivity contribution >= 4 is 13.6 Å². The molecule has 0 spiro atoms. The summed E-state index contributed by atoms with van der Waals surface area (Å²) in [6, 6.07) is 20.7. The number of allylic oxidation sites excluding steroid dienone is 4. The molecule has 1 unspecified atom stereocenters. The number of benzene rings is 2. The van der Waals surface area contributed by atoms with Crippen LogP contribution in [-0.4, -0.2) is 8.07 Å². The normalized spacial score (nSPS) is 19.9. The standard InChI is InChI=1S/C24H25Si.2ClH.Zr/c1-2-15-25(16-8-17-25)24-22-12-6-5-11-20(22)21-14-7-13-19(23(21)24)18-9-3-4-10-18;;;/h3,5-7,9,11-14,24H,2,4,8,15-17H2,1H3;2*1H;/q-1;;;+3/p-2. The van der Waals surface area contributed by atoms with Crippen LogP contribution in [0.15, 0.2) is 54.6 Å². The summed E-state index contributed by atoms with van der Waals surface area (Å²) in [6.45, 7) is 2.39. The Morgan fingerprint density at radius 2 is 1.68 bits per heavy atom. The molecule has 2 aromatic rings. The SMILES string of the molecule is CCC[Si]1(C2c3ccccc3-c3cccc(C4=[C-]CC=C4)c32)CCC1.[Cl-].[Cl-].[Zr+3]. The van der Waals surface area contributed by atoms with E-state index in [-0.39, 0.29) is 51.0 Å². The van der Waals surface area contributed by atoms with Crippen molar-refractivity contribution < 1.29 is 51.0 Å².